The molecule has 0 amide bonds. The number of hydrogen-bond acceptors (Lipinski definition) is 2. The third-order valence-corrected chi connectivity index (χ3v) is 2.60. The maximum Gasteiger partial charge on any atom is 0.134 e. The van der Waals surface area contributed by atoms with E-state index < -0.39 is 0 Å². The Bertz CT molecular complexity index is 345. The van der Waals surface area contributed by atoms with Crippen molar-refractivity contribution in [3.63, 3.8) is 0 Å². The molecule has 1 rings (SSSR count). The molecular formula is C10H11BrO2. The van der Waals surface area contributed by atoms with Crippen molar-refractivity contribution in [2.24, 2.45) is 0 Å². The smallest absolute Gasteiger partial charge is 0.134 e. The Morgan fingerprint density at radius 1 is 1.54 bits per heavy atom. The molecule has 0 unspecified atom stereocenters. The number of ketones is 1. The summed E-state index contributed by atoms with van der Waals surface area (Å²) in [7, 11) is 0. The van der Waals surface area contributed by atoms with E-state index in [2.05, 4.69) is 15.9 Å². The largest absolute Gasteiger partial charge is 0.507 e. The van der Waals surface area contributed by atoms with Crippen LogP contribution in [0.2, 0.25) is 0 Å². The first-order valence-electron chi connectivity index (χ1n) is 3.98. The van der Waals surface area contributed by atoms with Gasteiger partial charge in [-0.3, -0.25) is 4.79 Å². The first kappa shape index (κ1) is 10.3. The van der Waals surface area contributed by atoms with Crippen LogP contribution in [0.25, 0.3) is 0 Å². The summed E-state index contributed by atoms with van der Waals surface area (Å²) < 4.78 is 0.783. The number of aryl methyl sites for hydroxylation is 1. The van der Waals surface area contributed by atoms with E-state index in [1.807, 2.05) is 19.1 Å². The molecule has 0 heterocycles. The first-order valence-corrected chi connectivity index (χ1v) is 4.78. The molecule has 0 aliphatic rings. The van der Waals surface area contributed by atoms with Crippen LogP contribution in [-0.2, 0) is 11.2 Å². The molecule has 2 nitrogen and oxygen atoms in total. The zero-order valence-corrected chi connectivity index (χ0v) is 9.18. The molecule has 0 aliphatic heterocycles. The van der Waals surface area contributed by atoms with E-state index in [0.717, 1.165) is 10.0 Å². The lowest BCUT2D eigenvalue weighted by molar-refractivity contribution is -0.116. The van der Waals surface area contributed by atoms with Crippen molar-refractivity contribution in [2.45, 2.75) is 20.3 Å². The van der Waals surface area contributed by atoms with Gasteiger partial charge in [0.15, 0.2) is 0 Å². The fourth-order valence-electron chi connectivity index (χ4n) is 1.15. The van der Waals surface area contributed by atoms with Crippen LogP contribution in [0.4, 0.5) is 0 Å². The maximum absolute atomic E-state index is 10.9. The number of phenols is 1. The second-order valence-corrected chi connectivity index (χ2v) is 3.92. The summed E-state index contributed by atoms with van der Waals surface area (Å²) in [5.41, 5.74) is 1.46. The van der Waals surface area contributed by atoms with Crippen molar-refractivity contribution >= 4 is 21.7 Å². The minimum atomic E-state index is 0.0431. The molecule has 0 aromatic heterocycles. The summed E-state index contributed by atoms with van der Waals surface area (Å²) >= 11 is 3.30. The van der Waals surface area contributed by atoms with Crippen LogP contribution in [-0.4, -0.2) is 10.9 Å². The van der Waals surface area contributed by atoms with Crippen molar-refractivity contribution < 1.29 is 9.90 Å². The van der Waals surface area contributed by atoms with Gasteiger partial charge in [-0.2, -0.15) is 0 Å². The molecule has 0 radical (unpaired) electrons. The number of benzene rings is 1. The Labute approximate surface area is 85.7 Å². The van der Waals surface area contributed by atoms with Gasteiger partial charge in [0.25, 0.3) is 0 Å². The van der Waals surface area contributed by atoms with Crippen LogP contribution in [0.1, 0.15) is 18.1 Å². The second kappa shape index (κ2) is 3.92. The van der Waals surface area contributed by atoms with E-state index in [1.165, 1.54) is 6.92 Å². The van der Waals surface area contributed by atoms with E-state index in [9.17, 15) is 9.90 Å². The predicted molar refractivity (Wildman–Crippen MR) is 54.9 cm³/mol. The monoisotopic (exact) mass is 242 g/mol. The van der Waals surface area contributed by atoms with Crippen LogP contribution in [0.15, 0.2) is 16.6 Å². The number of hydrogen-bond donors (Lipinski definition) is 1. The van der Waals surface area contributed by atoms with Gasteiger partial charge in [-0.25, -0.2) is 0 Å². The van der Waals surface area contributed by atoms with Gasteiger partial charge < -0.3 is 5.11 Å². The maximum atomic E-state index is 10.9. The lowest BCUT2D eigenvalue weighted by Gasteiger charge is -2.07. The Hall–Kier alpha value is -0.830. The Morgan fingerprint density at radius 3 is 2.69 bits per heavy atom. The highest BCUT2D eigenvalue weighted by atomic mass is 79.9. The summed E-state index contributed by atoms with van der Waals surface area (Å²) in [5, 5.41) is 9.65. The minimum absolute atomic E-state index is 0.0431. The van der Waals surface area contributed by atoms with Crippen LogP contribution in [0.5, 0.6) is 5.75 Å². The van der Waals surface area contributed by atoms with Gasteiger partial charge >= 0.3 is 0 Å². The normalized spacial score (nSPS) is 10.1. The molecule has 1 aromatic rings. The quantitative estimate of drug-likeness (QED) is 0.866. The van der Waals surface area contributed by atoms with Crippen molar-refractivity contribution in [3.05, 3.63) is 27.7 Å². The van der Waals surface area contributed by atoms with Gasteiger partial charge in [0.1, 0.15) is 11.5 Å². The standard InChI is InChI=1S/C10H11BrO2/c1-6-3-4-9(11)8(10(6)13)5-7(2)12/h3-4,13H,5H2,1-2H3. The Kier molecular flexibility index (Phi) is 3.09. The first-order chi connectivity index (χ1) is 6.02. The highest BCUT2D eigenvalue weighted by molar-refractivity contribution is 9.10. The third kappa shape index (κ3) is 2.31. The SMILES string of the molecule is CC(=O)Cc1c(Br)ccc(C)c1O. The number of halogens is 1. The summed E-state index contributed by atoms with van der Waals surface area (Å²) in [6.45, 7) is 3.32. The zero-order chi connectivity index (χ0) is 10.0. The Balaban J connectivity index is 3.17. The second-order valence-electron chi connectivity index (χ2n) is 3.07. The molecule has 0 spiro atoms. The lowest BCUT2D eigenvalue weighted by atomic mass is 10.1. The van der Waals surface area contributed by atoms with E-state index in [4.69, 9.17) is 0 Å². The number of carbonyl (C=O) groups excluding carboxylic acids is 1. The summed E-state index contributed by atoms with van der Waals surface area (Å²) in [6, 6.07) is 3.65. The van der Waals surface area contributed by atoms with Gasteiger partial charge in [0, 0.05) is 16.5 Å². The third-order valence-electron chi connectivity index (χ3n) is 1.85. The number of aromatic hydroxyl groups is 1. The molecule has 1 aromatic carbocycles. The van der Waals surface area contributed by atoms with Gasteiger partial charge in [-0.05, 0) is 25.5 Å². The summed E-state index contributed by atoms with van der Waals surface area (Å²) in [6.07, 6.45) is 0.272. The topological polar surface area (TPSA) is 37.3 Å². The van der Waals surface area contributed by atoms with E-state index in [0.29, 0.717) is 5.56 Å². The summed E-state index contributed by atoms with van der Waals surface area (Å²) in [5.74, 6) is 0.256. The molecule has 0 fully saturated rings. The van der Waals surface area contributed by atoms with Crippen molar-refractivity contribution in [2.75, 3.05) is 0 Å². The molecule has 0 saturated heterocycles. The Morgan fingerprint density at radius 2 is 2.15 bits per heavy atom. The van der Waals surface area contributed by atoms with Crippen molar-refractivity contribution in [3.8, 4) is 5.75 Å². The minimum Gasteiger partial charge on any atom is -0.507 e. The molecular weight excluding hydrogens is 232 g/mol. The fraction of sp³-hybridized carbons (Fsp3) is 0.300. The molecule has 70 valence electrons. The number of carbonyl (C=O) groups is 1. The average Bonchev–Trinajstić information content (AvgIpc) is 2.05. The van der Waals surface area contributed by atoms with E-state index >= 15 is 0 Å². The van der Waals surface area contributed by atoms with Crippen LogP contribution < -0.4 is 0 Å². The highest BCUT2D eigenvalue weighted by Gasteiger charge is 2.10. The number of phenolic OH excluding ortho intramolecular Hbond substituents is 1. The van der Waals surface area contributed by atoms with Crippen LogP contribution in [0.3, 0.4) is 0 Å². The highest BCUT2D eigenvalue weighted by Crippen LogP contribution is 2.29. The predicted octanol–water partition coefficient (Wildman–Crippen LogP) is 2.59. The zero-order valence-electron chi connectivity index (χ0n) is 7.60. The van der Waals surface area contributed by atoms with Gasteiger partial charge in [0.2, 0.25) is 0 Å². The molecule has 0 atom stereocenters. The number of rotatable bonds is 2. The van der Waals surface area contributed by atoms with Crippen molar-refractivity contribution in [1.29, 1.82) is 0 Å². The molecule has 3 heteroatoms. The molecule has 1 N–H and O–H groups in total. The van der Waals surface area contributed by atoms with Gasteiger partial charge in [0.05, 0.1) is 0 Å². The molecule has 0 aliphatic carbocycles. The fourth-order valence-corrected chi connectivity index (χ4v) is 1.61. The molecule has 0 bridgehead atoms. The lowest BCUT2D eigenvalue weighted by Crippen LogP contribution is -1.98. The number of Topliss-reactive ketones (excluding diaryl/α,β-unsaturated/α-hetero) is 1. The molecule has 13 heavy (non-hydrogen) atoms. The molecule has 0 saturated carbocycles. The summed E-state index contributed by atoms with van der Waals surface area (Å²) in [4.78, 5) is 10.9. The van der Waals surface area contributed by atoms with Gasteiger partial charge in [-0.1, -0.05) is 22.0 Å². The van der Waals surface area contributed by atoms with Crippen molar-refractivity contribution in [1.82, 2.24) is 0 Å². The van der Waals surface area contributed by atoms with E-state index in [1.54, 1.807) is 0 Å². The van der Waals surface area contributed by atoms with Gasteiger partial charge in [-0.15, -0.1) is 0 Å². The van der Waals surface area contributed by atoms with E-state index in [-0.39, 0.29) is 18.0 Å². The van der Waals surface area contributed by atoms with Crippen LogP contribution >= 0.6 is 15.9 Å². The average molecular weight is 243 g/mol. The van der Waals surface area contributed by atoms with Crippen LogP contribution in [0, 0.1) is 6.92 Å².